The van der Waals surface area contributed by atoms with Crippen LogP contribution in [-0.2, 0) is 27.5 Å². The number of hydrogen-bond donors (Lipinski definition) is 1. The Labute approximate surface area is 146 Å². The second-order valence-corrected chi connectivity index (χ2v) is 5.67. The summed E-state index contributed by atoms with van der Waals surface area (Å²) in [5.41, 5.74) is 5.44. The lowest BCUT2D eigenvalue weighted by molar-refractivity contribution is -0.132. The van der Waals surface area contributed by atoms with Crippen LogP contribution in [0.2, 0.25) is 0 Å². The minimum absolute atomic E-state index is 0.231. The number of ether oxygens (including phenoxy) is 1. The maximum Gasteiger partial charge on any atom is 0.240 e. The van der Waals surface area contributed by atoms with Crippen LogP contribution in [0.25, 0.3) is 10.9 Å². The van der Waals surface area contributed by atoms with Gasteiger partial charge >= 0.3 is 0 Å². The molecule has 25 heavy (non-hydrogen) atoms. The summed E-state index contributed by atoms with van der Waals surface area (Å²) < 4.78 is 7.62. The summed E-state index contributed by atoms with van der Waals surface area (Å²) >= 11 is 0. The van der Waals surface area contributed by atoms with Crippen molar-refractivity contribution in [2.75, 3.05) is 13.2 Å². The third-order valence-electron chi connectivity index (χ3n) is 3.69. The van der Waals surface area contributed by atoms with Crippen LogP contribution in [0.5, 0.6) is 0 Å². The van der Waals surface area contributed by atoms with E-state index in [1.54, 1.807) is 0 Å². The molecule has 0 aliphatic heterocycles. The average Bonchev–Trinajstić information content (AvgIpc) is 2.97. The van der Waals surface area contributed by atoms with E-state index in [2.05, 4.69) is 29.7 Å². The standard InChI is InChI=1S/C19H21N3O3/c1-15(23)21-25-12-11-24-14-18-17-9-5-6-10-19(17)22(20-18)13-16-7-3-2-4-8-16/h2-10H,11-14H2,1H3,(H,21,23). The molecule has 1 heterocycles. The van der Waals surface area contributed by atoms with E-state index in [9.17, 15) is 4.79 Å². The maximum absolute atomic E-state index is 10.7. The van der Waals surface area contributed by atoms with Gasteiger partial charge in [0.25, 0.3) is 0 Å². The number of para-hydroxylation sites is 1. The summed E-state index contributed by atoms with van der Waals surface area (Å²) in [6.07, 6.45) is 0. The van der Waals surface area contributed by atoms with Crippen LogP contribution in [0, 0.1) is 0 Å². The molecule has 0 bridgehead atoms. The van der Waals surface area contributed by atoms with Gasteiger partial charge < -0.3 is 4.74 Å². The highest BCUT2D eigenvalue weighted by Gasteiger charge is 2.10. The predicted octanol–water partition coefficient (Wildman–Crippen LogP) is 2.67. The third-order valence-corrected chi connectivity index (χ3v) is 3.69. The monoisotopic (exact) mass is 339 g/mol. The summed E-state index contributed by atoms with van der Waals surface area (Å²) in [5, 5.41) is 5.80. The van der Waals surface area contributed by atoms with Crippen molar-refractivity contribution in [1.82, 2.24) is 15.3 Å². The van der Waals surface area contributed by atoms with Gasteiger partial charge in [-0.2, -0.15) is 5.10 Å². The molecule has 130 valence electrons. The molecule has 0 spiro atoms. The topological polar surface area (TPSA) is 65.4 Å². The molecular formula is C19H21N3O3. The van der Waals surface area contributed by atoms with Gasteiger partial charge in [-0.15, -0.1) is 0 Å². The number of carbonyl (C=O) groups is 1. The molecule has 1 aromatic heterocycles. The second kappa shape index (κ2) is 8.41. The fraction of sp³-hybridized carbons (Fsp3) is 0.263. The lowest BCUT2D eigenvalue weighted by Gasteiger charge is -2.04. The summed E-state index contributed by atoms with van der Waals surface area (Å²) in [7, 11) is 0. The number of aromatic nitrogens is 2. The van der Waals surface area contributed by atoms with Gasteiger partial charge in [-0.1, -0.05) is 48.5 Å². The number of hydroxylamine groups is 1. The molecule has 0 fully saturated rings. The van der Waals surface area contributed by atoms with Crippen LogP contribution in [0.1, 0.15) is 18.2 Å². The maximum atomic E-state index is 10.7. The molecule has 3 aromatic rings. The van der Waals surface area contributed by atoms with Crippen molar-refractivity contribution < 1.29 is 14.4 Å². The van der Waals surface area contributed by atoms with Crippen LogP contribution < -0.4 is 5.48 Å². The number of carbonyl (C=O) groups excluding carboxylic acids is 1. The smallest absolute Gasteiger partial charge is 0.240 e. The van der Waals surface area contributed by atoms with E-state index in [4.69, 9.17) is 14.7 Å². The minimum Gasteiger partial charge on any atom is -0.373 e. The zero-order valence-electron chi connectivity index (χ0n) is 14.1. The van der Waals surface area contributed by atoms with Crippen LogP contribution in [-0.4, -0.2) is 28.9 Å². The van der Waals surface area contributed by atoms with Gasteiger partial charge in [0.1, 0.15) is 0 Å². The number of fused-ring (bicyclic) bond motifs is 1. The number of amides is 1. The highest BCUT2D eigenvalue weighted by atomic mass is 16.7. The van der Waals surface area contributed by atoms with E-state index in [0.29, 0.717) is 26.4 Å². The average molecular weight is 339 g/mol. The molecule has 2 aromatic carbocycles. The predicted molar refractivity (Wildman–Crippen MR) is 94.7 cm³/mol. The third kappa shape index (κ3) is 4.65. The molecule has 1 amide bonds. The summed E-state index contributed by atoms with van der Waals surface area (Å²) in [5.74, 6) is -0.231. The number of nitrogens with one attached hydrogen (secondary N) is 1. The number of benzene rings is 2. The Morgan fingerprint density at radius 3 is 2.64 bits per heavy atom. The van der Waals surface area contributed by atoms with Crippen molar-refractivity contribution in [3.05, 3.63) is 65.9 Å². The lowest BCUT2D eigenvalue weighted by atomic mass is 10.2. The summed E-state index contributed by atoms with van der Waals surface area (Å²) in [6, 6.07) is 18.4. The normalized spacial score (nSPS) is 10.9. The van der Waals surface area contributed by atoms with E-state index in [1.165, 1.54) is 12.5 Å². The van der Waals surface area contributed by atoms with Crippen LogP contribution >= 0.6 is 0 Å². The van der Waals surface area contributed by atoms with Crippen molar-refractivity contribution >= 4 is 16.8 Å². The summed E-state index contributed by atoms with van der Waals surface area (Å²) in [6.45, 7) is 3.17. The van der Waals surface area contributed by atoms with E-state index in [-0.39, 0.29) is 5.91 Å². The fourth-order valence-electron chi connectivity index (χ4n) is 2.60. The highest BCUT2D eigenvalue weighted by Crippen LogP contribution is 2.20. The van der Waals surface area contributed by atoms with Gasteiger partial charge in [0.15, 0.2) is 0 Å². The van der Waals surface area contributed by atoms with Crippen molar-refractivity contribution in [1.29, 1.82) is 0 Å². The zero-order chi connectivity index (χ0) is 17.5. The quantitative estimate of drug-likeness (QED) is 0.506. The highest BCUT2D eigenvalue weighted by molar-refractivity contribution is 5.81. The SMILES string of the molecule is CC(=O)NOCCOCc1nn(Cc2ccccc2)c2ccccc12. The molecule has 0 radical (unpaired) electrons. The Balaban J connectivity index is 1.66. The number of hydrogen-bond acceptors (Lipinski definition) is 4. The molecule has 0 saturated carbocycles. The van der Waals surface area contributed by atoms with Crippen molar-refractivity contribution in [3.8, 4) is 0 Å². The van der Waals surface area contributed by atoms with Crippen LogP contribution in [0.15, 0.2) is 54.6 Å². The van der Waals surface area contributed by atoms with Crippen molar-refractivity contribution in [2.24, 2.45) is 0 Å². The molecule has 0 saturated heterocycles. The second-order valence-electron chi connectivity index (χ2n) is 5.67. The van der Waals surface area contributed by atoms with Gasteiger partial charge in [0.05, 0.1) is 37.6 Å². The largest absolute Gasteiger partial charge is 0.373 e. The van der Waals surface area contributed by atoms with Crippen molar-refractivity contribution in [3.63, 3.8) is 0 Å². The number of nitrogens with zero attached hydrogens (tertiary/aromatic N) is 2. The molecule has 0 atom stereocenters. The number of rotatable bonds is 8. The first-order valence-corrected chi connectivity index (χ1v) is 8.18. The van der Waals surface area contributed by atoms with E-state index >= 15 is 0 Å². The minimum atomic E-state index is -0.231. The lowest BCUT2D eigenvalue weighted by Crippen LogP contribution is -2.22. The molecular weight excluding hydrogens is 318 g/mol. The fourth-order valence-corrected chi connectivity index (χ4v) is 2.60. The Bertz CT molecular complexity index is 830. The van der Waals surface area contributed by atoms with Gasteiger partial charge in [-0.25, -0.2) is 5.48 Å². The molecule has 6 nitrogen and oxygen atoms in total. The molecule has 0 unspecified atom stereocenters. The molecule has 3 rings (SSSR count). The molecule has 0 aliphatic rings. The van der Waals surface area contributed by atoms with E-state index in [1.807, 2.05) is 35.0 Å². The van der Waals surface area contributed by atoms with Gasteiger partial charge in [-0.3, -0.25) is 14.3 Å². The van der Waals surface area contributed by atoms with E-state index < -0.39 is 0 Å². The van der Waals surface area contributed by atoms with E-state index in [0.717, 1.165) is 16.6 Å². The van der Waals surface area contributed by atoms with Gasteiger partial charge in [0, 0.05) is 12.3 Å². The Kier molecular flexibility index (Phi) is 5.77. The van der Waals surface area contributed by atoms with Gasteiger partial charge in [-0.05, 0) is 11.6 Å². The Morgan fingerprint density at radius 1 is 1.08 bits per heavy atom. The zero-order valence-corrected chi connectivity index (χ0v) is 14.1. The van der Waals surface area contributed by atoms with Crippen LogP contribution in [0.4, 0.5) is 0 Å². The van der Waals surface area contributed by atoms with Gasteiger partial charge in [0.2, 0.25) is 5.91 Å². The molecule has 1 N–H and O–H groups in total. The first-order chi connectivity index (χ1) is 12.2. The summed E-state index contributed by atoms with van der Waals surface area (Å²) in [4.78, 5) is 15.7. The molecule has 0 aliphatic carbocycles. The molecule has 6 heteroatoms. The van der Waals surface area contributed by atoms with Crippen molar-refractivity contribution in [2.45, 2.75) is 20.1 Å². The first-order valence-electron chi connectivity index (χ1n) is 8.18. The Morgan fingerprint density at radius 2 is 1.84 bits per heavy atom. The Hall–Kier alpha value is -2.70. The van der Waals surface area contributed by atoms with Crippen LogP contribution in [0.3, 0.4) is 0 Å². The first kappa shape index (κ1) is 17.1.